The molecular formula is C17H18N2. The second-order valence-electron chi connectivity index (χ2n) is 5.17. The molecule has 0 saturated heterocycles. The van der Waals surface area contributed by atoms with Gasteiger partial charge in [0.05, 0.1) is 0 Å². The summed E-state index contributed by atoms with van der Waals surface area (Å²) in [5.74, 6) is 0.666. The van der Waals surface area contributed by atoms with Gasteiger partial charge in [-0.15, -0.1) is 0 Å². The number of rotatable bonds is 3. The van der Waals surface area contributed by atoms with E-state index in [2.05, 4.69) is 48.2 Å². The normalized spacial score (nSPS) is 15.4. The first-order valence-electron chi connectivity index (χ1n) is 6.73. The van der Waals surface area contributed by atoms with Crippen molar-refractivity contribution >= 4 is 5.84 Å². The lowest BCUT2D eigenvalue weighted by molar-refractivity contribution is 0.332. The van der Waals surface area contributed by atoms with E-state index in [0.717, 1.165) is 18.5 Å². The monoisotopic (exact) mass is 250 g/mol. The van der Waals surface area contributed by atoms with E-state index >= 15 is 0 Å². The summed E-state index contributed by atoms with van der Waals surface area (Å²) in [6, 6.07) is 19.1. The van der Waals surface area contributed by atoms with E-state index in [1.807, 2.05) is 18.2 Å². The highest BCUT2D eigenvalue weighted by Gasteiger charge is 2.27. The largest absolute Gasteiger partial charge is 0.349 e. The first-order valence-corrected chi connectivity index (χ1v) is 6.73. The van der Waals surface area contributed by atoms with Crippen LogP contribution in [-0.2, 0) is 13.0 Å². The summed E-state index contributed by atoms with van der Waals surface area (Å²) in [4.78, 5) is 2.19. The minimum absolute atomic E-state index is 0.349. The van der Waals surface area contributed by atoms with E-state index in [0.29, 0.717) is 11.9 Å². The van der Waals surface area contributed by atoms with Crippen molar-refractivity contribution in [1.82, 2.24) is 4.90 Å². The summed E-state index contributed by atoms with van der Waals surface area (Å²) in [6.45, 7) is 3.07. The van der Waals surface area contributed by atoms with Crippen molar-refractivity contribution in [2.45, 2.75) is 25.9 Å². The van der Waals surface area contributed by atoms with Gasteiger partial charge in [0.2, 0.25) is 0 Å². The van der Waals surface area contributed by atoms with Crippen molar-refractivity contribution in [3.8, 4) is 0 Å². The molecule has 0 fully saturated rings. The Kier molecular flexibility index (Phi) is 3.08. The Morgan fingerprint density at radius 1 is 1.05 bits per heavy atom. The molecule has 0 saturated carbocycles. The Labute approximate surface area is 114 Å². The van der Waals surface area contributed by atoms with Crippen LogP contribution in [-0.4, -0.2) is 16.8 Å². The molecule has 1 N–H and O–H groups in total. The summed E-state index contributed by atoms with van der Waals surface area (Å²) in [6.07, 6.45) is 0.983. The van der Waals surface area contributed by atoms with Gasteiger partial charge >= 0.3 is 0 Å². The smallest absolute Gasteiger partial charge is 0.128 e. The average molecular weight is 250 g/mol. The van der Waals surface area contributed by atoms with Crippen LogP contribution >= 0.6 is 0 Å². The SMILES string of the molecule is CC(Cc1ccccc1)N1Cc2ccccc2C1=N. The first-order chi connectivity index (χ1) is 9.25. The van der Waals surface area contributed by atoms with Crippen molar-refractivity contribution in [3.05, 3.63) is 71.3 Å². The van der Waals surface area contributed by atoms with Crippen molar-refractivity contribution in [2.24, 2.45) is 0 Å². The van der Waals surface area contributed by atoms with Gasteiger partial charge < -0.3 is 4.90 Å². The predicted octanol–water partition coefficient (Wildman–Crippen LogP) is 3.46. The van der Waals surface area contributed by atoms with Crippen molar-refractivity contribution in [1.29, 1.82) is 5.41 Å². The number of hydrogen-bond acceptors (Lipinski definition) is 1. The van der Waals surface area contributed by atoms with E-state index in [-0.39, 0.29) is 0 Å². The summed E-state index contributed by atoms with van der Waals surface area (Å²) < 4.78 is 0. The van der Waals surface area contributed by atoms with Gasteiger partial charge in [-0.2, -0.15) is 0 Å². The standard InChI is InChI=1S/C17H18N2/c1-13(11-14-7-3-2-4-8-14)19-12-15-9-5-6-10-16(15)17(19)18/h2-10,13,18H,11-12H2,1H3. The van der Waals surface area contributed by atoms with E-state index in [1.165, 1.54) is 11.1 Å². The van der Waals surface area contributed by atoms with Crippen LogP contribution in [0, 0.1) is 5.41 Å². The molecule has 0 radical (unpaired) electrons. The predicted molar refractivity (Wildman–Crippen MR) is 78.4 cm³/mol. The Morgan fingerprint density at radius 3 is 2.47 bits per heavy atom. The summed E-state index contributed by atoms with van der Waals surface area (Å²) in [5.41, 5.74) is 3.69. The number of benzene rings is 2. The molecule has 0 aliphatic carbocycles. The summed E-state index contributed by atoms with van der Waals surface area (Å²) in [7, 11) is 0. The van der Waals surface area contributed by atoms with Crippen LogP contribution in [0.25, 0.3) is 0 Å². The molecule has 2 aromatic rings. The van der Waals surface area contributed by atoms with E-state index in [1.54, 1.807) is 0 Å². The van der Waals surface area contributed by atoms with Gasteiger partial charge in [0.25, 0.3) is 0 Å². The van der Waals surface area contributed by atoms with Gasteiger partial charge in [-0.05, 0) is 24.5 Å². The molecule has 2 aromatic carbocycles. The second-order valence-corrected chi connectivity index (χ2v) is 5.17. The lowest BCUT2D eigenvalue weighted by atomic mass is 10.1. The molecule has 0 amide bonds. The molecule has 1 heterocycles. The maximum absolute atomic E-state index is 8.31. The summed E-state index contributed by atoms with van der Waals surface area (Å²) in [5, 5.41) is 8.31. The highest BCUT2D eigenvalue weighted by atomic mass is 15.2. The molecule has 1 aliphatic rings. The maximum Gasteiger partial charge on any atom is 0.128 e. The van der Waals surface area contributed by atoms with Gasteiger partial charge in [0.1, 0.15) is 5.84 Å². The van der Waals surface area contributed by atoms with Crippen molar-refractivity contribution in [2.75, 3.05) is 0 Å². The highest BCUT2D eigenvalue weighted by molar-refractivity contribution is 6.00. The lowest BCUT2D eigenvalue weighted by Crippen LogP contribution is -2.34. The Balaban J connectivity index is 1.76. The molecule has 1 unspecified atom stereocenters. The molecule has 0 bridgehead atoms. The second kappa shape index (κ2) is 4.88. The third kappa shape index (κ3) is 2.26. The molecule has 19 heavy (non-hydrogen) atoms. The molecular weight excluding hydrogens is 232 g/mol. The maximum atomic E-state index is 8.31. The molecule has 3 rings (SSSR count). The molecule has 0 spiro atoms. The van der Waals surface area contributed by atoms with Crippen molar-refractivity contribution < 1.29 is 0 Å². The third-order valence-electron chi connectivity index (χ3n) is 3.81. The first kappa shape index (κ1) is 12.0. The fourth-order valence-electron chi connectivity index (χ4n) is 2.75. The van der Waals surface area contributed by atoms with Gasteiger partial charge in [-0.25, -0.2) is 0 Å². The molecule has 1 atom stereocenters. The highest BCUT2D eigenvalue weighted by Crippen LogP contribution is 2.25. The molecule has 2 heteroatoms. The quantitative estimate of drug-likeness (QED) is 0.887. The zero-order valence-corrected chi connectivity index (χ0v) is 11.1. The van der Waals surface area contributed by atoms with Gasteiger partial charge in [-0.1, -0.05) is 54.6 Å². The van der Waals surface area contributed by atoms with Crippen LogP contribution in [0.4, 0.5) is 0 Å². The number of nitrogens with zero attached hydrogens (tertiary/aromatic N) is 1. The van der Waals surface area contributed by atoms with Crippen molar-refractivity contribution in [3.63, 3.8) is 0 Å². The minimum atomic E-state index is 0.349. The number of fused-ring (bicyclic) bond motifs is 1. The molecule has 0 aromatic heterocycles. The van der Waals surface area contributed by atoms with Gasteiger partial charge in [0.15, 0.2) is 0 Å². The third-order valence-corrected chi connectivity index (χ3v) is 3.81. The summed E-state index contributed by atoms with van der Waals surface area (Å²) >= 11 is 0. The molecule has 96 valence electrons. The lowest BCUT2D eigenvalue weighted by Gasteiger charge is -2.26. The van der Waals surface area contributed by atoms with Crippen LogP contribution in [0.3, 0.4) is 0 Å². The Hall–Kier alpha value is -2.09. The van der Waals surface area contributed by atoms with E-state index in [9.17, 15) is 0 Å². The zero-order valence-electron chi connectivity index (χ0n) is 11.1. The fourth-order valence-corrected chi connectivity index (χ4v) is 2.75. The fraction of sp³-hybridized carbons (Fsp3) is 0.235. The number of nitrogens with one attached hydrogen (secondary N) is 1. The van der Waals surface area contributed by atoms with Crippen LogP contribution in [0.15, 0.2) is 54.6 Å². The minimum Gasteiger partial charge on any atom is -0.349 e. The van der Waals surface area contributed by atoms with Gasteiger partial charge in [0, 0.05) is 18.2 Å². The Bertz CT molecular complexity index is 589. The Morgan fingerprint density at radius 2 is 1.74 bits per heavy atom. The molecule has 2 nitrogen and oxygen atoms in total. The van der Waals surface area contributed by atoms with Crippen LogP contribution < -0.4 is 0 Å². The zero-order chi connectivity index (χ0) is 13.2. The van der Waals surface area contributed by atoms with E-state index in [4.69, 9.17) is 5.41 Å². The average Bonchev–Trinajstić information content (AvgIpc) is 2.78. The molecule has 1 aliphatic heterocycles. The number of hydrogen-bond donors (Lipinski definition) is 1. The van der Waals surface area contributed by atoms with Crippen LogP contribution in [0.5, 0.6) is 0 Å². The van der Waals surface area contributed by atoms with Crippen LogP contribution in [0.1, 0.15) is 23.6 Å². The van der Waals surface area contributed by atoms with E-state index < -0.39 is 0 Å². The topological polar surface area (TPSA) is 27.1 Å². The van der Waals surface area contributed by atoms with Gasteiger partial charge in [-0.3, -0.25) is 5.41 Å². The number of amidine groups is 1. The van der Waals surface area contributed by atoms with Crippen LogP contribution in [0.2, 0.25) is 0 Å².